The maximum Gasteiger partial charge on any atom is 0.340 e. The Morgan fingerprint density at radius 2 is 1.87 bits per heavy atom. The van der Waals surface area contributed by atoms with Crippen molar-refractivity contribution in [1.82, 2.24) is 0 Å². The molecule has 0 saturated carbocycles. The third kappa shape index (κ3) is 2.83. The number of halogens is 1. The maximum atomic E-state index is 13.5. The zero-order valence-electron chi connectivity index (χ0n) is 12.0. The first-order valence-electron chi connectivity index (χ1n) is 6.93. The van der Waals surface area contributed by atoms with Gasteiger partial charge in [0.15, 0.2) is 0 Å². The van der Waals surface area contributed by atoms with Crippen LogP contribution in [0.4, 0.5) is 10.1 Å². The van der Waals surface area contributed by atoms with Crippen LogP contribution in [-0.2, 0) is 13.1 Å². The molecule has 0 saturated heterocycles. The van der Waals surface area contributed by atoms with Crippen molar-refractivity contribution in [2.75, 3.05) is 0 Å². The number of hydrogen-bond donors (Lipinski definition) is 0. The molecule has 0 aliphatic carbocycles. The van der Waals surface area contributed by atoms with E-state index >= 15 is 0 Å². The molecule has 0 spiro atoms. The number of nitro benzene ring substituents is 1. The van der Waals surface area contributed by atoms with Crippen molar-refractivity contribution >= 4 is 16.7 Å². The molecule has 1 aromatic heterocycles. The van der Waals surface area contributed by atoms with Gasteiger partial charge in [-0.05, 0) is 11.6 Å². The van der Waals surface area contributed by atoms with Gasteiger partial charge >= 0.3 is 5.63 Å². The number of alkyl halides is 1. The molecular weight excluding hydrogens is 301 g/mol. The van der Waals surface area contributed by atoms with E-state index in [2.05, 4.69) is 0 Å². The van der Waals surface area contributed by atoms with Gasteiger partial charge in [0.05, 0.1) is 4.92 Å². The van der Waals surface area contributed by atoms with Crippen molar-refractivity contribution in [2.24, 2.45) is 0 Å². The summed E-state index contributed by atoms with van der Waals surface area (Å²) in [7, 11) is 0. The summed E-state index contributed by atoms with van der Waals surface area (Å²) in [5.74, 6) is 0. The van der Waals surface area contributed by atoms with Gasteiger partial charge in [0.1, 0.15) is 12.3 Å². The van der Waals surface area contributed by atoms with Crippen LogP contribution in [0.1, 0.15) is 16.7 Å². The summed E-state index contributed by atoms with van der Waals surface area (Å²) in [4.78, 5) is 22.5. The Kier molecular flexibility index (Phi) is 3.89. The Bertz CT molecular complexity index is 949. The fraction of sp³-hybridized carbons (Fsp3) is 0.118. The molecule has 0 bridgehead atoms. The van der Waals surface area contributed by atoms with Crippen LogP contribution in [0.3, 0.4) is 0 Å². The van der Waals surface area contributed by atoms with Crippen LogP contribution in [0, 0.1) is 10.1 Å². The van der Waals surface area contributed by atoms with E-state index < -0.39 is 17.2 Å². The van der Waals surface area contributed by atoms with Crippen LogP contribution >= 0.6 is 0 Å². The highest BCUT2D eigenvalue weighted by molar-refractivity contribution is 5.81. The van der Waals surface area contributed by atoms with Gasteiger partial charge in [0.25, 0.3) is 5.69 Å². The lowest BCUT2D eigenvalue weighted by atomic mass is 9.99. The smallest absolute Gasteiger partial charge is 0.340 e. The van der Waals surface area contributed by atoms with Gasteiger partial charge in [-0.1, -0.05) is 30.3 Å². The minimum atomic E-state index is -0.809. The zero-order valence-corrected chi connectivity index (χ0v) is 12.0. The van der Waals surface area contributed by atoms with E-state index in [9.17, 15) is 19.3 Å². The SMILES string of the molecule is O=c1oc2ccccc2c(CF)c1Cc1cccc([N+](=O)[O-])c1. The van der Waals surface area contributed by atoms with Crippen LogP contribution < -0.4 is 5.63 Å². The van der Waals surface area contributed by atoms with Gasteiger partial charge in [-0.15, -0.1) is 0 Å². The van der Waals surface area contributed by atoms with Gasteiger partial charge in [-0.25, -0.2) is 9.18 Å². The fourth-order valence-corrected chi connectivity index (χ4v) is 2.57. The summed E-state index contributed by atoms with van der Waals surface area (Å²) in [5.41, 5.74) is 0.636. The minimum Gasteiger partial charge on any atom is -0.422 e. The molecule has 2 aromatic carbocycles. The Hall–Kier alpha value is -3.02. The molecule has 0 amide bonds. The van der Waals surface area contributed by atoms with Crippen molar-refractivity contribution in [3.63, 3.8) is 0 Å². The van der Waals surface area contributed by atoms with E-state index in [4.69, 9.17) is 4.42 Å². The lowest BCUT2D eigenvalue weighted by Gasteiger charge is -2.08. The normalized spacial score (nSPS) is 10.8. The third-order valence-electron chi connectivity index (χ3n) is 3.66. The summed E-state index contributed by atoms with van der Waals surface area (Å²) < 4.78 is 18.7. The van der Waals surface area contributed by atoms with Crippen LogP contribution in [-0.4, -0.2) is 4.92 Å². The van der Waals surface area contributed by atoms with Crippen molar-refractivity contribution in [1.29, 1.82) is 0 Å². The van der Waals surface area contributed by atoms with Crippen molar-refractivity contribution in [2.45, 2.75) is 13.1 Å². The number of nitro groups is 1. The number of hydrogen-bond acceptors (Lipinski definition) is 4. The largest absolute Gasteiger partial charge is 0.422 e. The average Bonchev–Trinajstić information content (AvgIpc) is 2.56. The summed E-state index contributed by atoms with van der Waals surface area (Å²) in [6.45, 7) is -0.809. The van der Waals surface area contributed by atoms with Gasteiger partial charge in [0, 0.05) is 35.1 Å². The predicted octanol–water partition coefficient (Wildman–Crippen LogP) is 3.76. The summed E-state index contributed by atoms with van der Waals surface area (Å²) in [5, 5.41) is 11.4. The molecule has 0 fully saturated rings. The zero-order chi connectivity index (χ0) is 16.4. The highest BCUT2D eigenvalue weighted by atomic mass is 19.1. The van der Waals surface area contributed by atoms with E-state index in [0.717, 1.165) is 0 Å². The topological polar surface area (TPSA) is 73.3 Å². The van der Waals surface area contributed by atoms with Crippen molar-refractivity contribution in [3.05, 3.63) is 85.8 Å². The van der Waals surface area contributed by atoms with Gasteiger partial charge < -0.3 is 4.42 Å². The quantitative estimate of drug-likeness (QED) is 0.417. The molecule has 3 aromatic rings. The van der Waals surface area contributed by atoms with Crippen LogP contribution in [0.2, 0.25) is 0 Å². The monoisotopic (exact) mass is 313 g/mol. The second-order valence-corrected chi connectivity index (χ2v) is 5.08. The molecule has 0 N–H and O–H groups in total. The Balaban J connectivity index is 2.13. The number of para-hydroxylation sites is 1. The highest BCUT2D eigenvalue weighted by Crippen LogP contribution is 2.23. The lowest BCUT2D eigenvalue weighted by Crippen LogP contribution is -2.12. The second kappa shape index (κ2) is 6.00. The Morgan fingerprint density at radius 1 is 1.09 bits per heavy atom. The number of benzene rings is 2. The lowest BCUT2D eigenvalue weighted by molar-refractivity contribution is -0.384. The van der Waals surface area contributed by atoms with E-state index in [1.54, 1.807) is 30.3 Å². The van der Waals surface area contributed by atoms with Crippen LogP contribution in [0.25, 0.3) is 11.0 Å². The summed E-state index contributed by atoms with van der Waals surface area (Å²) >= 11 is 0. The number of fused-ring (bicyclic) bond motifs is 1. The average molecular weight is 313 g/mol. The first kappa shape index (κ1) is 14.9. The van der Waals surface area contributed by atoms with Gasteiger partial charge in [-0.3, -0.25) is 10.1 Å². The standard InChI is InChI=1S/C17H12FNO4/c18-10-15-13-6-1-2-7-16(13)23-17(20)14(15)9-11-4-3-5-12(8-11)19(21)22/h1-8H,9-10H2. The van der Waals surface area contributed by atoms with Crippen molar-refractivity contribution in [3.8, 4) is 0 Å². The molecule has 5 nitrogen and oxygen atoms in total. The molecule has 1 heterocycles. The molecule has 116 valence electrons. The first-order chi connectivity index (χ1) is 11.1. The number of nitrogens with zero attached hydrogens (tertiary/aromatic N) is 1. The first-order valence-corrected chi connectivity index (χ1v) is 6.93. The van der Waals surface area contributed by atoms with Crippen LogP contribution in [0.5, 0.6) is 0 Å². The third-order valence-corrected chi connectivity index (χ3v) is 3.66. The fourth-order valence-electron chi connectivity index (χ4n) is 2.57. The molecule has 0 aliphatic rings. The molecule has 3 rings (SSSR count). The molecule has 0 unspecified atom stereocenters. The second-order valence-electron chi connectivity index (χ2n) is 5.08. The molecule has 6 heteroatoms. The van der Waals surface area contributed by atoms with E-state index in [-0.39, 0.29) is 23.2 Å². The molecule has 0 radical (unpaired) electrons. The van der Waals surface area contributed by atoms with E-state index in [1.807, 2.05) is 0 Å². The number of non-ortho nitro benzene ring substituents is 1. The Morgan fingerprint density at radius 3 is 2.61 bits per heavy atom. The minimum absolute atomic E-state index is 0.0746. The predicted molar refractivity (Wildman–Crippen MR) is 83.2 cm³/mol. The summed E-state index contributed by atoms with van der Waals surface area (Å²) in [6, 6.07) is 12.7. The molecular formula is C17H12FNO4. The molecule has 0 aliphatic heterocycles. The van der Waals surface area contributed by atoms with Crippen molar-refractivity contribution < 1.29 is 13.7 Å². The number of rotatable bonds is 4. The highest BCUT2D eigenvalue weighted by Gasteiger charge is 2.16. The maximum absolute atomic E-state index is 13.5. The molecule has 23 heavy (non-hydrogen) atoms. The Labute approximate surface area is 130 Å². The van der Waals surface area contributed by atoms with E-state index in [1.165, 1.54) is 18.2 Å². The van der Waals surface area contributed by atoms with E-state index in [0.29, 0.717) is 16.5 Å². The molecule has 0 atom stereocenters. The van der Waals surface area contributed by atoms with Gasteiger partial charge in [0.2, 0.25) is 0 Å². The van der Waals surface area contributed by atoms with Gasteiger partial charge in [-0.2, -0.15) is 0 Å². The van der Waals surface area contributed by atoms with Crippen LogP contribution in [0.15, 0.2) is 57.7 Å². The summed E-state index contributed by atoms with van der Waals surface area (Å²) in [6.07, 6.45) is 0.0775.